The van der Waals surface area contributed by atoms with Crippen LogP contribution in [-0.4, -0.2) is 41.2 Å². The number of hydrogen-bond donors (Lipinski definition) is 1. The molecule has 0 saturated carbocycles. The van der Waals surface area contributed by atoms with Crippen molar-refractivity contribution in [2.45, 2.75) is 39.3 Å². The zero-order chi connectivity index (χ0) is 14.9. The Morgan fingerprint density at radius 1 is 1.48 bits per heavy atom. The third-order valence-electron chi connectivity index (χ3n) is 3.96. The van der Waals surface area contributed by atoms with E-state index in [4.69, 9.17) is 9.72 Å². The Labute approximate surface area is 129 Å². The molecule has 3 rings (SSSR count). The van der Waals surface area contributed by atoms with Crippen LogP contribution in [0.2, 0.25) is 0 Å². The average molecular weight is 308 g/mol. The fourth-order valence-corrected chi connectivity index (χ4v) is 3.56. The lowest BCUT2D eigenvalue weighted by Gasteiger charge is -2.42. The lowest BCUT2D eigenvalue weighted by molar-refractivity contribution is 0.0638. The molecule has 2 aromatic rings. The number of hydrogen-bond acceptors (Lipinski definition) is 5. The van der Waals surface area contributed by atoms with Gasteiger partial charge >= 0.3 is 0 Å². The second-order valence-corrected chi connectivity index (χ2v) is 7.00. The summed E-state index contributed by atoms with van der Waals surface area (Å²) < 4.78 is 7.86. The summed E-state index contributed by atoms with van der Waals surface area (Å²) in [6, 6.07) is 0. The zero-order valence-electron chi connectivity index (χ0n) is 13.1. The van der Waals surface area contributed by atoms with Gasteiger partial charge in [0.05, 0.1) is 24.4 Å². The molecule has 2 aromatic heterocycles. The van der Waals surface area contributed by atoms with Gasteiger partial charge in [-0.15, -0.1) is 11.3 Å². The largest absolute Gasteiger partial charge is 0.377 e. The van der Waals surface area contributed by atoms with Gasteiger partial charge in [-0.1, -0.05) is 6.92 Å². The fourth-order valence-electron chi connectivity index (χ4n) is 2.84. The van der Waals surface area contributed by atoms with Crippen molar-refractivity contribution in [3.05, 3.63) is 17.3 Å². The maximum absolute atomic E-state index is 5.64. The fraction of sp³-hybridized carbons (Fsp3) is 0.667. The van der Waals surface area contributed by atoms with Crippen LogP contribution in [0.25, 0.3) is 4.96 Å². The number of fused-ring (bicyclic) bond motifs is 1. The number of rotatable bonds is 5. The SMILES string of the molecule is CCCNCc1c(N2CCOCC2(C)C)nc2sccn12. The van der Waals surface area contributed by atoms with Crippen molar-refractivity contribution in [1.82, 2.24) is 14.7 Å². The maximum Gasteiger partial charge on any atom is 0.195 e. The van der Waals surface area contributed by atoms with Crippen LogP contribution in [0, 0.1) is 0 Å². The minimum atomic E-state index is -0.0121. The number of ether oxygens (including phenoxy) is 1. The molecule has 21 heavy (non-hydrogen) atoms. The quantitative estimate of drug-likeness (QED) is 0.862. The molecule has 0 atom stereocenters. The molecule has 0 amide bonds. The van der Waals surface area contributed by atoms with Crippen LogP contribution in [-0.2, 0) is 11.3 Å². The number of aromatic nitrogens is 2. The van der Waals surface area contributed by atoms with E-state index in [0.717, 1.165) is 50.0 Å². The van der Waals surface area contributed by atoms with E-state index >= 15 is 0 Å². The lowest BCUT2D eigenvalue weighted by atomic mass is 10.0. The summed E-state index contributed by atoms with van der Waals surface area (Å²) in [6.07, 6.45) is 3.26. The molecule has 1 saturated heterocycles. The molecule has 0 unspecified atom stereocenters. The molecule has 0 spiro atoms. The van der Waals surface area contributed by atoms with Gasteiger partial charge in [0.1, 0.15) is 0 Å². The first-order valence-corrected chi connectivity index (χ1v) is 8.52. The van der Waals surface area contributed by atoms with Crippen molar-refractivity contribution < 1.29 is 4.74 Å². The van der Waals surface area contributed by atoms with Crippen molar-refractivity contribution in [1.29, 1.82) is 0 Å². The zero-order valence-corrected chi connectivity index (χ0v) is 13.9. The maximum atomic E-state index is 5.64. The van der Waals surface area contributed by atoms with Crippen molar-refractivity contribution in [2.75, 3.05) is 31.2 Å². The Morgan fingerprint density at radius 2 is 2.33 bits per heavy atom. The topological polar surface area (TPSA) is 41.8 Å². The predicted molar refractivity (Wildman–Crippen MR) is 87.3 cm³/mol. The third kappa shape index (κ3) is 2.80. The molecule has 116 valence electrons. The van der Waals surface area contributed by atoms with E-state index in [1.807, 2.05) is 0 Å². The molecule has 1 N–H and O–H groups in total. The van der Waals surface area contributed by atoms with Crippen LogP contribution in [0.4, 0.5) is 5.82 Å². The van der Waals surface area contributed by atoms with E-state index in [9.17, 15) is 0 Å². The van der Waals surface area contributed by atoms with Gasteiger partial charge in [0.15, 0.2) is 10.8 Å². The number of imidazole rings is 1. The summed E-state index contributed by atoms with van der Waals surface area (Å²) in [5.74, 6) is 1.11. The van der Waals surface area contributed by atoms with Crippen molar-refractivity contribution in [2.24, 2.45) is 0 Å². The monoisotopic (exact) mass is 308 g/mol. The van der Waals surface area contributed by atoms with E-state index in [-0.39, 0.29) is 5.54 Å². The van der Waals surface area contributed by atoms with Gasteiger partial charge in [0.25, 0.3) is 0 Å². The summed E-state index contributed by atoms with van der Waals surface area (Å²) in [5.41, 5.74) is 1.25. The van der Waals surface area contributed by atoms with Gasteiger partial charge in [0, 0.05) is 24.7 Å². The van der Waals surface area contributed by atoms with Crippen molar-refractivity contribution in [3.63, 3.8) is 0 Å². The van der Waals surface area contributed by atoms with Crippen LogP contribution < -0.4 is 10.2 Å². The highest BCUT2D eigenvalue weighted by molar-refractivity contribution is 7.15. The highest BCUT2D eigenvalue weighted by Gasteiger charge is 2.34. The molecular formula is C15H24N4OS. The Hall–Kier alpha value is -1.11. The van der Waals surface area contributed by atoms with Gasteiger partial charge in [-0.25, -0.2) is 4.98 Å². The first kappa shape index (κ1) is 14.8. The molecule has 5 nitrogen and oxygen atoms in total. The Bertz CT molecular complexity index is 604. The van der Waals surface area contributed by atoms with Crippen LogP contribution in [0.15, 0.2) is 11.6 Å². The molecular weight excluding hydrogens is 284 g/mol. The minimum absolute atomic E-state index is 0.0121. The van der Waals surface area contributed by atoms with Gasteiger partial charge in [-0.2, -0.15) is 0 Å². The van der Waals surface area contributed by atoms with Crippen LogP contribution in [0.3, 0.4) is 0 Å². The number of nitrogens with zero attached hydrogens (tertiary/aromatic N) is 3. The van der Waals surface area contributed by atoms with Gasteiger partial charge in [-0.3, -0.25) is 4.40 Å². The van der Waals surface area contributed by atoms with E-state index in [1.165, 1.54) is 5.69 Å². The number of anilines is 1. The molecule has 1 fully saturated rings. The van der Waals surface area contributed by atoms with E-state index in [0.29, 0.717) is 0 Å². The number of morpholine rings is 1. The summed E-state index contributed by atoms with van der Waals surface area (Å²) in [5, 5.41) is 5.61. The normalized spacial score (nSPS) is 18.5. The van der Waals surface area contributed by atoms with Gasteiger partial charge in [0.2, 0.25) is 0 Å². The number of nitrogens with one attached hydrogen (secondary N) is 1. The second-order valence-electron chi connectivity index (χ2n) is 6.13. The second kappa shape index (κ2) is 5.94. The molecule has 1 aliphatic rings. The third-order valence-corrected chi connectivity index (χ3v) is 4.72. The van der Waals surface area contributed by atoms with Crippen LogP contribution in [0.1, 0.15) is 32.9 Å². The number of thiazole rings is 1. The van der Waals surface area contributed by atoms with Crippen molar-refractivity contribution >= 4 is 22.1 Å². The molecule has 3 heterocycles. The predicted octanol–water partition coefficient (Wildman–Crippen LogP) is 2.51. The summed E-state index contributed by atoms with van der Waals surface area (Å²) >= 11 is 1.69. The van der Waals surface area contributed by atoms with E-state index in [1.54, 1.807) is 11.3 Å². The van der Waals surface area contributed by atoms with E-state index in [2.05, 4.69) is 47.0 Å². The minimum Gasteiger partial charge on any atom is -0.377 e. The highest BCUT2D eigenvalue weighted by atomic mass is 32.1. The Balaban J connectivity index is 1.96. The van der Waals surface area contributed by atoms with E-state index < -0.39 is 0 Å². The molecule has 0 aliphatic carbocycles. The molecule has 1 aliphatic heterocycles. The Morgan fingerprint density at radius 3 is 3.10 bits per heavy atom. The van der Waals surface area contributed by atoms with Crippen LogP contribution >= 0.6 is 11.3 Å². The van der Waals surface area contributed by atoms with Gasteiger partial charge in [-0.05, 0) is 26.8 Å². The summed E-state index contributed by atoms with van der Waals surface area (Å²) in [4.78, 5) is 8.35. The molecule has 0 bridgehead atoms. The van der Waals surface area contributed by atoms with Crippen LogP contribution in [0.5, 0.6) is 0 Å². The first-order chi connectivity index (χ1) is 10.1. The summed E-state index contributed by atoms with van der Waals surface area (Å²) in [6.45, 7) is 11.0. The molecule has 6 heteroatoms. The highest BCUT2D eigenvalue weighted by Crippen LogP contribution is 2.31. The Kier molecular flexibility index (Phi) is 4.19. The smallest absolute Gasteiger partial charge is 0.195 e. The molecule has 0 radical (unpaired) electrons. The summed E-state index contributed by atoms with van der Waals surface area (Å²) in [7, 11) is 0. The van der Waals surface area contributed by atoms with Crippen molar-refractivity contribution in [3.8, 4) is 0 Å². The van der Waals surface area contributed by atoms with Gasteiger partial charge < -0.3 is 15.0 Å². The first-order valence-electron chi connectivity index (χ1n) is 7.64. The lowest BCUT2D eigenvalue weighted by Crippen LogP contribution is -2.53. The average Bonchev–Trinajstić information content (AvgIpc) is 3.01. The standard InChI is InChI=1S/C15H24N4OS/c1-4-5-16-10-12-13(17-14-18(12)7-9-21-14)19-6-8-20-11-15(19,2)3/h7,9,16H,4-6,8,10-11H2,1-3H3. The molecule has 0 aromatic carbocycles.